The van der Waals surface area contributed by atoms with Crippen molar-refractivity contribution in [1.82, 2.24) is 5.32 Å². The van der Waals surface area contributed by atoms with Gasteiger partial charge in [0.05, 0.1) is 12.8 Å². The largest absolute Gasteiger partial charge is 0.467 e. The maximum atomic E-state index is 5.87. The summed E-state index contributed by atoms with van der Waals surface area (Å²) in [5.74, 6) is 0.834. The number of nitrogens with one attached hydrogen (secondary N) is 2. The second-order valence-corrected chi connectivity index (χ2v) is 4.24. The fraction of sp³-hybridized carbons (Fsp3) is 0.0833. The summed E-state index contributed by atoms with van der Waals surface area (Å²) in [6.45, 7) is 0.555. The highest BCUT2D eigenvalue weighted by molar-refractivity contribution is 7.80. The van der Waals surface area contributed by atoms with E-state index in [1.165, 1.54) is 0 Å². The van der Waals surface area contributed by atoms with E-state index in [0.29, 0.717) is 16.7 Å². The van der Waals surface area contributed by atoms with Crippen LogP contribution in [0.15, 0.2) is 47.1 Å². The minimum atomic E-state index is 0.531. The van der Waals surface area contributed by atoms with Crippen molar-refractivity contribution in [2.75, 3.05) is 5.32 Å². The Morgan fingerprint density at radius 3 is 2.88 bits per heavy atom. The third-order valence-corrected chi connectivity index (χ3v) is 2.57. The Labute approximate surface area is 110 Å². The maximum Gasteiger partial charge on any atom is 0.171 e. The summed E-state index contributed by atoms with van der Waals surface area (Å²) >= 11 is 11.0. The summed E-state index contributed by atoms with van der Waals surface area (Å²) in [5, 5.41) is 7.28. The molecule has 0 aliphatic rings. The number of hydrogen-bond donors (Lipinski definition) is 2. The zero-order chi connectivity index (χ0) is 12.1. The van der Waals surface area contributed by atoms with Crippen LogP contribution in [0, 0.1) is 0 Å². The molecule has 0 atom stereocenters. The number of furan rings is 1. The molecule has 0 saturated carbocycles. The van der Waals surface area contributed by atoms with E-state index in [-0.39, 0.29) is 0 Å². The highest BCUT2D eigenvalue weighted by Gasteiger charge is 1.99. The van der Waals surface area contributed by atoms with E-state index >= 15 is 0 Å². The van der Waals surface area contributed by atoms with Crippen LogP contribution in [0.1, 0.15) is 5.76 Å². The topological polar surface area (TPSA) is 37.2 Å². The van der Waals surface area contributed by atoms with Crippen molar-refractivity contribution in [3.63, 3.8) is 0 Å². The molecule has 88 valence electrons. The van der Waals surface area contributed by atoms with Crippen LogP contribution in [0.25, 0.3) is 0 Å². The predicted molar refractivity (Wildman–Crippen MR) is 73.2 cm³/mol. The Morgan fingerprint density at radius 1 is 1.29 bits per heavy atom. The molecule has 0 aliphatic heterocycles. The van der Waals surface area contributed by atoms with Crippen molar-refractivity contribution in [3.8, 4) is 0 Å². The molecular formula is C12H11ClN2OS. The van der Waals surface area contributed by atoms with Crippen LogP contribution in [-0.2, 0) is 6.54 Å². The first-order valence-corrected chi connectivity index (χ1v) is 5.85. The van der Waals surface area contributed by atoms with Gasteiger partial charge in [-0.25, -0.2) is 0 Å². The van der Waals surface area contributed by atoms with Crippen LogP contribution in [-0.4, -0.2) is 5.11 Å². The molecular weight excluding hydrogens is 256 g/mol. The lowest BCUT2D eigenvalue weighted by molar-refractivity contribution is 0.503. The average molecular weight is 267 g/mol. The zero-order valence-corrected chi connectivity index (χ0v) is 10.5. The van der Waals surface area contributed by atoms with Crippen LogP contribution in [0.2, 0.25) is 5.02 Å². The van der Waals surface area contributed by atoms with E-state index < -0.39 is 0 Å². The summed E-state index contributed by atoms with van der Waals surface area (Å²) in [5.41, 5.74) is 0.856. The van der Waals surface area contributed by atoms with Crippen LogP contribution in [0.5, 0.6) is 0 Å². The normalized spacial score (nSPS) is 9.94. The number of rotatable bonds is 3. The molecule has 0 amide bonds. The lowest BCUT2D eigenvalue weighted by Gasteiger charge is -2.09. The van der Waals surface area contributed by atoms with Crippen molar-refractivity contribution >= 4 is 34.6 Å². The standard InChI is InChI=1S/C12H11ClN2OS/c13-9-3-1-4-10(7-9)15-12(17)14-8-11-5-2-6-16-11/h1-7H,8H2,(H2,14,15,17). The fourth-order valence-corrected chi connectivity index (χ4v) is 1.70. The summed E-state index contributed by atoms with van der Waals surface area (Å²) in [7, 11) is 0. The molecule has 0 bridgehead atoms. The lowest BCUT2D eigenvalue weighted by Crippen LogP contribution is -2.27. The van der Waals surface area contributed by atoms with Gasteiger partial charge in [0.15, 0.2) is 5.11 Å². The number of thiocarbonyl (C=S) groups is 1. The first kappa shape index (κ1) is 12.0. The number of anilines is 1. The molecule has 2 aromatic rings. The Balaban J connectivity index is 1.85. The van der Waals surface area contributed by atoms with Gasteiger partial charge in [0.2, 0.25) is 0 Å². The molecule has 1 aromatic heterocycles. The number of halogens is 1. The van der Waals surface area contributed by atoms with Gasteiger partial charge < -0.3 is 15.1 Å². The van der Waals surface area contributed by atoms with Gasteiger partial charge in [-0.15, -0.1) is 0 Å². The van der Waals surface area contributed by atoms with E-state index in [1.54, 1.807) is 6.26 Å². The van der Waals surface area contributed by atoms with E-state index in [2.05, 4.69) is 10.6 Å². The third-order valence-electron chi connectivity index (χ3n) is 2.09. The Bertz CT molecular complexity index is 499. The van der Waals surface area contributed by atoms with Gasteiger partial charge >= 0.3 is 0 Å². The molecule has 1 aromatic carbocycles. The minimum absolute atomic E-state index is 0.531. The first-order chi connectivity index (χ1) is 8.24. The average Bonchev–Trinajstić information content (AvgIpc) is 2.79. The molecule has 0 radical (unpaired) electrons. The smallest absolute Gasteiger partial charge is 0.171 e. The Kier molecular flexibility index (Phi) is 4.01. The van der Waals surface area contributed by atoms with Crippen LogP contribution >= 0.6 is 23.8 Å². The quantitative estimate of drug-likeness (QED) is 0.835. The number of benzene rings is 1. The SMILES string of the molecule is S=C(NCc1ccco1)Nc1cccc(Cl)c1. The number of hydrogen-bond acceptors (Lipinski definition) is 2. The minimum Gasteiger partial charge on any atom is -0.467 e. The molecule has 0 unspecified atom stereocenters. The van der Waals surface area contributed by atoms with E-state index in [1.807, 2.05) is 36.4 Å². The van der Waals surface area contributed by atoms with Gasteiger partial charge in [-0.1, -0.05) is 17.7 Å². The summed E-state index contributed by atoms with van der Waals surface area (Å²) < 4.78 is 5.18. The Morgan fingerprint density at radius 2 is 2.18 bits per heavy atom. The molecule has 3 nitrogen and oxygen atoms in total. The van der Waals surface area contributed by atoms with E-state index in [9.17, 15) is 0 Å². The summed E-state index contributed by atoms with van der Waals surface area (Å²) in [4.78, 5) is 0. The fourth-order valence-electron chi connectivity index (χ4n) is 1.32. The van der Waals surface area contributed by atoms with Gasteiger partial charge in [-0.05, 0) is 42.5 Å². The predicted octanol–water partition coefficient (Wildman–Crippen LogP) is 3.42. The molecule has 2 N–H and O–H groups in total. The Hall–Kier alpha value is -1.52. The molecule has 0 spiro atoms. The van der Waals surface area contributed by atoms with Crippen molar-refractivity contribution in [2.45, 2.75) is 6.54 Å². The van der Waals surface area contributed by atoms with Gasteiger partial charge in [0, 0.05) is 10.7 Å². The van der Waals surface area contributed by atoms with E-state index in [0.717, 1.165) is 11.4 Å². The van der Waals surface area contributed by atoms with Crippen molar-refractivity contribution < 1.29 is 4.42 Å². The van der Waals surface area contributed by atoms with Gasteiger partial charge in [0.25, 0.3) is 0 Å². The summed E-state index contributed by atoms with van der Waals surface area (Å²) in [6.07, 6.45) is 1.63. The lowest BCUT2D eigenvalue weighted by atomic mass is 10.3. The molecule has 0 fully saturated rings. The second kappa shape index (κ2) is 5.70. The van der Waals surface area contributed by atoms with Crippen LogP contribution in [0.4, 0.5) is 5.69 Å². The highest BCUT2D eigenvalue weighted by atomic mass is 35.5. The molecule has 1 heterocycles. The molecule has 0 saturated heterocycles. The van der Waals surface area contributed by atoms with Crippen LogP contribution < -0.4 is 10.6 Å². The summed E-state index contributed by atoms with van der Waals surface area (Å²) in [6, 6.07) is 11.1. The van der Waals surface area contributed by atoms with Crippen molar-refractivity contribution in [3.05, 3.63) is 53.4 Å². The molecule has 2 rings (SSSR count). The maximum absolute atomic E-state index is 5.87. The van der Waals surface area contributed by atoms with Gasteiger partial charge in [-0.2, -0.15) is 0 Å². The van der Waals surface area contributed by atoms with Crippen LogP contribution in [0.3, 0.4) is 0 Å². The molecule has 5 heteroatoms. The molecule has 0 aliphatic carbocycles. The van der Waals surface area contributed by atoms with Gasteiger partial charge in [-0.3, -0.25) is 0 Å². The monoisotopic (exact) mass is 266 g/mol. The van der Waals surface area contributed by atoms with Crippen molar-refractivity contribution in [1.29, 1.82) is 0 Å². The molecule has 17 heavy (non-hydrogen) atoms. The first-order valence-electron chi connectivity index (χ1n) is 5.07. The van der Waals surface area contributed by atoms with Crippen molar-refractivity contribution in [2.24, 2.45) is 0 Å². The zero-order valence-electron chi connectivity index (χ0n) is 8.94. The third kappa shape index (κ3) is 3.76. The highest BCUT2D eigenvalue weighted by Crippen LogP contribution is 2.14. The van der Waals surface area contributed by atoms with E-state index in [4.69, 9.17) is 28.2 Å². The van der Waals surface area contributed by atoms with Gasteiger partial charge in [0.1, 0.15) is 5.76 Å². The second-order valence-electron chi connectivity index (χ2n) is 3.40.